The van der Waals surface area contributed by atoms with Crippen LogP contribution in [0.25, 0.3) is 32.1 Å². The molecule has 5 rings (SSSR count). The highest BCUT2D eigenvalue weighted by atomic mass is 32.1. The number of thiophene rings is 1. The molecule has 0 saturated heterocycles. The lowest BCUT2D eigenvalue weighted by molar-refractivity contribution is -0.116. The largest absolute Gasteiger partial charge is 0.324 e. The number of nitrogens with zero attached hydrogens (tertiary/aromatic N) is 2. The van der Waals surface area contributed by atoms with Crippen LogP contribution in [0.15, 0.2) is 83.2 Å². The summed E-state index contributed by atoms with van der Waals surface area (Å²) >= 11 is 1.43. The van der Waals surface area contributed by atoms with E-state index in [0.29, 0.717) is 10.2 Å². The number of aromatic nitrogens is 2. The predicted molar refractivity (Wildman–Crippen MR) is 127 cm³/mol. The van der Waals surface area contributed by atoms with Crippen LogP contribution < -0.4 is 10.9 Å². The Morgan fingerprint density at radius 1 is 1.03 bits per heavy atom. The predicted octanol–water partition coefficient (Wildman–Crippen LogP) is 5.23. The van der Waals surface area contributed by atoms with Crippen LogP contribution in [-0.2, 0) is 11.3 Å². The summed E-state index contributed by atoms with van der Waals surface area (Å²) in [6, 6.07) is 21.6. The van der Waals surface area contributed by atoms with Gasteiger partial charge in [-0.05, 0) is 23.9 Å². The third-order valence-electron chi connectivity index (χ3n) is 5.30. The summed E-state index contributed by atoms with van der Waals surface area (Å²) in [6.45, 7) is 1.92. The number of benzene rings is 3. The molecule has 5 aromatic rings. The van der Waals surface area contributed by atoms with Crippen molar-refractivity contribution in [2.75, 3.05) is 5.32 Å². The van der Waals surface area contributed by atoms with Gasteiger partial charge in [0.2, 0.25) is 5.91 Å². The first-order valence-electron chi connectivity index (χ1n) is 9.91. The van der Waals surface area contributed by atoms with E-state index in [1.165, 1.54) is 22.2 Å². The Morgan fingerprint density at radius 2 is 1.81 bits per heavy atom. The Balaban J connectivity index is 1.47. The van der Waals surface area contributed by atoms with E-state index in [1.807, 2.05) is 79.0 Å². The average Bonchev–Trinajstić information content (AvgIpc) is 3.21. The van der Waals surface area contributed by atoms with Crippen molar-refractivity contribution in [2.45, 2.75) is 13.5 Å². The maximum absolute atomic E-state index is 13.2. The van der Waals surface area contributed by atoms with Gasteiger partial charge in [0, 0.05) is 22.0 Å². The smallest absolute Gasteiger partial charge is 0.263 e. The highest BCUT2D eigenvalue weighted by molar-refractivity contribution is 7.17. The van der Waals surface area contributed by atoms with Gasteiger partial charge >= 0.3 is 0 Å². The normalized spacial score (nSPS) is 11.1. The van der Waals surface area contributed by atoms with E-state index in [-0.39, 0.29) is 18.0 Å². The van der Waals surface area contributed by atoms with Crippen LogP contribution >= 0.6 is 11.3 Å². The van der Waals surface area contributed by atoms with Gasteiger partial charge in [-0.15, -0.1) is 11.3 Å². The van der Waals surface area contributed by atoms with Gasteiger partial charge in [0.05, 0.1) is 11.7 Å². The fourth-order valence-corrected chi connectivity index (χ4v) is 4.61. The monoisotopic (exact) mass is 425 g/mol. The molecule has 31 heavy (non-hydrogen) atoms. The molecule has 1 amide bonds. The second-order valence-electron chi connectivity index (χ2n) is 7.45. The third kappa shape index (κ3) is 3.62. The average molecular weight is 426 g/mol. The molecule has 0 aliphatic carbocycles. The summed E-state index contributed by atoms with van der Waals surface area (Å²) < 4.78 is 1.37. The Labute approximate surface area is 182 Å². The van der Waals surface area contributed by atoms with E-state index in [1.54, 1.807) is 0 Å². The first-order chi connectivity index (χ1) is 15.1. The number of hydrogen-bond donors (Lipinski definition) is 1. The SMILES string of the molecule is Cc1ccc(-c2csc3ncn(CC(=O)Nc4cccc5ccccc45)c(=O)c23)cc1. The lowest BCUT2D eigenvalue weighted by Crippen LogP contribution is -2.27. The van der Waals surface area contributed by atoms with Gasteiger partial charge in [-0.1, -0.05) is 66.2 Å². The number of carbonyl (C=O) groups excluding carboxylic acids is 1. The molecule has 2 heterocycles. The second-order valence-corrected chi connectivity index (χ2v) is 8.31. The summed E-state index contributed by atoms with van der Waals surface area (Å²) in [5, 5.41) is 7.43. The molecule has 152 valence electrons. The number of aryl methyl sites for hydroxylation is 1. The number of carbonyl (C=O) groups is 1. The Kier molecular flexibility index (Phi) is 4.84. The van der Waals surface area contributed by atoms with E-state index in [0.717, 1.165) is 33.2 Å². The van der Waals surface area contributed by atoms with Gasteiger partial charge in [0.1, 0.15) is 11.4 Å². The van der Waals surface area contributed by atoms with Crippen molar-refractivity contribution in [2.24, 2.45) is 0 Å². The van der Waals surface area contributed by atoms with Crippen LogP contribution in [0.2, 0.25) is 0 Å². The molecular weight excluding hydrogens is 406 g/mol. The molecule has 0 radical (unpaired) electrons. The van der Waals surface area contributed by atoms with Crippen LogP contribution in [0.5, 0.6) is 0 Å². The van der Waals surface area contributed by atoms with Crippen LogP contribution in [0.3, 0.4) is 0 Å². The molecule has 0 aliphatic heterocycles. The minimum absolute atomic E-state index is 0.103. The zero-order valence-corrected chi connectivity index (χ0v) is 17.6. The molecule has 0 spiro atoms. The van der Waals surface area contributed by atoms with Gasteiger partial charge in [0.15, 0.2) is 0 Å². The lowest BCUT2D eigenvalue weighted by Gasteiger charge is -2.10. The Morgan fingerprint density at radius 3 is 2.65 bits per heavy atom. The quantitative estimate of drug-likeness (QED) is 0.429. The van der Waals surface area contributed by atoms with Crippen molar-refractivity contribution in [1.29, 1.82) is 0 Å². The van der Waals surface area contributed by atoms with Gasteiger partial charge in [-0.3, -0.25) is 14.2 Å². The maximum atomic E-state index is 13.2. The Hall–Kier alpha value is -3.77. The molecule has 6 heteroatoms. The van der Waals surface area contributed by atoms with Crippen molar-refractivity contribution in [3.8, 4) is 11.1 Å². The first kappa shape index (κ1) is 19.2. The number of amides is 1. The number of rotatable bonds is 4. The molecule has 5 nitrogen and oxygen atoms in total. The van der Waals surface area contributed by atoms with Crippen molar-refractivity contribution >= 4 is 43.9 Å². The molecule has 0 fully saturated rings. The molecule has 1 N–H and O–H groups in total. The van der Waals surface area contributed by atoms with Crippen LogP contribution in [0.1, 0.15) is 5.56 Å². The highest BCUT2D eigenvalue weighted by Crippen LogP contribution is 2.30. The number of anilines is 1. The van der Waals surface area contributed by atoms with Crippen LogP contribution in [0, 0.1) is 6.92 Å². The van der Waals surface area contributed by atoms with Crippen LogP contribution in [0.4, 0.5) is 5.69 Å². The number of hydrogen-bond acceptors (Lipinski definition) is 4. The summed E-state index contributed by atoms with van der Waals surface area (Å²) in [6.07, 6.45) is 1.45. The minimum atomic E-state index is -0.272. The summed E-state index contributed by atoms with van der Waals surface area (Å²) in [7, 11) is 0. The number of nitrogens with one attached hydrogen (secondary N) is 1. The molecule has 0 bridgehead atoms. The molecule has 0 saturated carbocycles. The van der Waals surface area contributed by atoms with E-state index >= 15 is 0 Å². The van der Waals surface area contributed by atoms with Crippen molar-refractivity contribution < 1.29 is 4.79 Å². The fraction of sp³-hybridized carbons (Fsp3) is 0.0800. The second kappa shape index (κ2) is 7.81. The van der Waals surface area contributed by atoms with Gasteiger partial charge in [0.25, 0.3) is 5.56 Å². The zero-order chi connectivity index (χ0) is 21.4. The highest BCUT2D eigenvalue weighted by Gasteiger charge is 2.15. The van der Waals surface area contributed by atoms with E-state index in [9.17, 15) is 9.59 Å². The minimum Gasteiger partial charge on any atom is -0.324 e. The first-order valence-corrected chi connectivity index (χ1v) is 10.8. The molecule has 2 aromatic heterocycles. The summed E-state index contributed by atoms with van der Waals surface area (Å²) in [5.41, 5.74) is 3.48. The lowest BCUT2D eigenvalue weighted by atomic mass is 10.1. The van der Waals surface area contributed by atoms with Crippen molar-refractivity contribution in [1.82, 2.24) is 9.55 Å². The maximum Gasteiger partial charge on any atom is 0.263 e. The molecule has 0 unspecified atom stereocenters. The molecular formula is C25H19N3O2S. The van der Waals surface area contributed by atoms with Gasteiger partial charge in [-0.2, -0.15) is 0 Å². The van der Waals surface area contributed by atoms with Crippen molar-refractivity contribution in [3.63, 3.8) is 0 Å². The number of fused-ring (bicyclic) bond motifs is 2. The van der Waals surface area contributed by atoms with Crippen LogP contribution in [-0.4, -0.2) is 15.5 Å². The van der Waals surface area contributed by atoms with Gasteiger partial charge < -0.3 is 5.32 Å². The molecule has 3 aromatic carbocycles. The molecule has 0 aliphatic rings. The third-order valence-corrected chi connectivity index (χ3v) is 6.19. The zero-order valence-electron chi connectivity index (χ0n) is 16.8. The summed E-state index contributed by atoms with van der Waals surface area (Å²) in [5.74, 6) is -0.272. The standard InChI is InChI=1S/C25H19N3O2S/c1-16-9-11-18(12-10-16)20-14-31-24-23(20)25(30)28(15-26-24)13-22(29)27-21-8-4-6-17-5-2-3-7-19(17)21/h2-12,14-15H,13H2,1H3,(H,27,29). The van der Waals surface area contributed by atoms with E-state index in [2.05, 4.69) is 10.3 Å². The Bertz CT molecular complexity index is 1480. The van der Waals surface area contributed by atoms with Crippen molar-refractivity contribution in [3.05, 3.63) is 94.4 Å². The topological polar surface area (TPSA) is 64.0 Å². The van der Waals surface area contributed by atoms with E-state index < -0.39 is 0 Å². The summed E-state index contributed by atoms with van der Waals surface area (Å²) in [4.78, 5) is 31.0. The van der Waals surface area contributed by atoms with E-state index in [4.69, 9.17) is 0 Å². The van der Waals surface area contributed by atoms with Gasteiger partial charge in [-0.25, -0.2) is 4.98 Å². The fourth-order valence-electron chi connectivity index (χ4n) is 3.70. The molecule has 0 atom stereocenters.